The van der Waals surface area contributed by atoms with Gasteiger partial charge in [0.2, 0.25) is 0 Å². The van der Waals surface area contributed by atoms with E-state index in [0.29, 0.717) is 0 Å². The molecular weight excluding hydrogens is 239 g/mol. The maximum Gasteiger partial charge on any atom is 0.129 e. The topological polar surface area (TPSA) is 16.1 Å². The number of aryl methyl sites for hydroxylation is 1. The maximum absolute atomic E-state index is 13.4. The van der Waals surface area contributed by atoms with Gasteiger partial charge in [0.15, 0.2) is 0 Å². The number of nitrogens with zero attached hydrogens (tertiary/aromatic N) is 2. The molecule has 0 amide bonds. The zero-order valence-electron chi connectivity index (χ0n) is 11.3. The predicted molar refractivity (Wildman–Crippen MR) is 77.1 cm³/mol. The Bertz CT molecular complexity index is 587. The minimum absolute atomic E-state index is 0.215. The lowest BCUT2D eigenvalue weighted by Gasteiger charge is -2.22. The Balaban J connectivity index is 2.03. The quantitative estimate of drug-likeness (QED) is 0.766. The van der Waals surface area contributed by atoms with Crippen molar-refractivity contribution in [1.29, 1.82) is 0 Å². The smallest absolute Gasteiger partial charge is 0.129 e. The number of anilines is 1. The Labute approximate surface area is 113 Å². The number of halogens is 1. The van der Waals surface area contributed by atoms with Crippen molar-refractivity contribution in [3.63, 3.8) is 0 Å². The maximum atomic E-state index is 13.4. The van der Waals surface area contributed by atoms with Gasteiger partial charge < -0.3 is 4.90 Å². The Hall–Kier alpha value is -1.64. The van der Waals surface area contributed by atoms with E-state index in [2.05, 4.69) is 22.9 Å². The van der Waals surface area contributed by atoms with Crippen LogP contribution in [0.3, 0.4) is 0 Å². The average molecular weight is 258 g/mol. The predicted octanol–water partition coefficient (Wildman–Crippen LogP) is 4.06. The fraction of sp³-hybridized carbons (Fsp3) is 0.438. The van der Waals surface area contributed by atoms with Crippen LogP contribution in [0, 0.1) is 12.7 Å². The minimum Gasteiger partial charge on any atom is -0.357 e. The van der Waals surface area contributed by atoms with Gasteiger partial charge in [-0.05, 0) is 43.5 Å². The van der Waals surface area contributed by atoms with Crippen molar-refractivity contribution in [2.45, 2.75) is 32.6 Å². The summed E-state index contributed by atoms with van der Waals surface area (Å²) in [7, 11) is 0. The van der Waals surface area contributed by atoms with Gasteiger partial charge in [-0.3, -0.25) is 0 Å². The van der Waals surface area contributed by atoms with Crippen LogP contribution >= 0.6 is 0 Å². The zero-order valence-corrected chi connectivity index (χ0v) is 11.3. The van der Waals surface area contributed by atoms with Gasteiger partial charge in [0, 0.05) is 24.5 Å². The molecule has 1 fully saturated rings. The first-order valence-corrected chi connectivity index (χ1v) is 7.06. The van der Waals surface area contributed by atoms with Crippen LogP contribution in [0.5, 0.6) is 0 Å². The Kier molecular flexibility index (Phi) is 3.36. The van der Waals surface area contributed by atoms with E-state index in [4.69, 9.17) is 0 Å². The highest BCUT2D eigenvalue weighted by Gasteiger charge is 2.13. The summed E-state index contributed by atoms with van der Waals surface area (Å²) in [6.45, 7) is 4.20. The van der Waals surface area contributed by atoms with E-state index in [9.17, 15) is 4.39 Å². The molecule has 0 atom stereocenters. The van der Waals surface area contributed by atoms with Gasteiger partial charge in [0.05, 0.1) is 5.52 Å². The monoisotopic (exact) mass is 258 g/mol. The van der Waals surface area contributed by atoms with Crippen molar-refractivity contribution in [1.82, 2.24) is 4.98 Å². The van der Waals surface area contributed by atoms with Crippen molar-refractivity contribution in [2.75, 3.05) is 18.0 Å². The van der Waals surface area contributed by atoms with Gasteiger partial charge in [0.25, 0.3) is 0 Å². The van der Waals surface area contributed by atoms with Gasteiger partial charge in [-0.25, -0.2) is 9.37 Å². The van der Waals surface area contributed by atoms with Crippen LogP contribution in [-0.4, -0.2) is 18.1 Å². The molecule has 0 unspecified atom stereocenters. The average Bonchev–Trinajstić information content (AvgIpc) is 2.66. The zero-order chi connectivity index (χ0) is 13.2. The highest BCUT2D eigenvalue weighted by Crippen LogP contribution is 2.24. The molecule has 2 aromatic rings. The van der Waals surface area contributed by atoms with E-state index < -0.39 is 0 Å². The van der Waals surface area contributed by atoms with E-state index in [1.165, 1.54) is 43.4 Å². The third-order valence-corrected chi connectivity index (χ3v) is 3.90. The molecule has 1 aliphatic heterocycles. The van der Waals surface area contributed by atoms with Crippen LogP contribution in [0.1, 0.15) is 31.2 Å². The van der Waals surface area contributed by atoms with Crippen LogP contribution in [0.15, 0.2) is 24.3 Å². The SMILES string of the molecule is Cc1cc(N2CCCCCC2)nc2cc(F)ccc12. The fourth-order valence-electron chi connectivity index (χ4n) is 2.82. The highest BCUT2D eigenvalue weighted by atomic mass is 19.1. The number of aromatic nitrogens is 1. The van der Waals surface area contributed by atoms with E-state index >= 15 is 0 Å². The van der Waals surface area contributed by atoms with Gasteiger partial charge in [-0.15, -0.1) is 0 Å². The molecule has 0 bridgehead atoms. The molecule has 2 heterocycles. The van der Waals surface area contributed by atoms with Crippen molar-refractivity contribution in [3.8, 4) is 0 Å². The standard InChI is InChI=1S/C16H19FN2/c1-12-10-16(19-8-4-2-3-5-9-19)18-15-11-13(17)6-7-14(12)15/h6-7,10-11H,2-5,8-9H2,1H3. The van der Waals surface area contributed by atoms with Crippen LogP contribution in [-0.2, 0) is 0 Å². The Morgan fingerprint density at radius 2 is 1.79 bits per heavy atom. The molecule has 2 nitrogen and oxygen atoms in total. The van der Waals surface area contributed by atoms with E-state index in [-0.39, 0.29) is 5.82 Å². The molecule has 19 heavy (non-hydrogen) atoms. The second-order valence-electron chi connectivity index (χ2n) is 5.36. The summed E-state index contributed by atoms with van der Waals surface area (Å²) in [6.07, 6.45) is 5.05. The lowest BCUT2D eigenvalue weighted by molar-refractivity contribution is 0.629. The van der Waals surface area contributed by atoms with Crippen molar-refractivity contribution in [2.24, 2.45) is 0 Å². The molecule has 0 saturated carbocycles. The summed E-state index contributed by atoms with van der Waals surface area (Å²) in [4.78, 5) is 6.99. The van der Waals surface area contributed by atoms with Crippen LogP contribution in [0.2, 0.25) is 0 Å². The summed E-state index contributed by atoms with van der Waals surface area (Å²) >= 11 is 0. The van der Waals surface area contributed by atoms with Gasteiger partial charge in [-0.1, -0.05) is 12.8 Å². The third-order valence-electron chi connectivity index (χ3n) is 3.90. The van der Waals surface area contributed by atoms with Gasteiger partial charge in [-0.2, -0.15) is 0 Å². The highest BCUT2D eigenvalue weighted by molar-refractivity contribution is 5.84. The molecule has 0 radical (unpaired) electrons. The number of benzene rings is 1. The molecule has 100 valence electrons. The number of hydrogen-bond donors (Lipinski definition) is 0. The number of fused-ring (bicyclic) bond motifs is 1. The van der Waals surface area contributed by atoms with Crippen LogP contribution < -0.4 is 4.90 Å². The molecule has 1 aromatic carbocycles. The summed E-state index contributed by atoms with van der Waals surface area (Å²) < 4.78 is 13.4. The summed E-state index contributed by atoms with van der Waals surface area (Å²) in [5.41, 5.74) is 1.93. The third kappa shape index (κ3) is 2.55. The number of rotatable bonds is 1. The van der Waals surface area contributed by atoms with Gasteiger partial charge >= 0.3 is 0 Å². The van der Waals surface area contributed by atoms with Crippen molar-refractivity contribution < 1.29 is 4.39 Å². The molecule has 0 spiro atoms. The molecule has 1 aromatic heterocycles. The first-order valence-electron chi connectivity index (χ1n) is 7.06. The summed E-state index contributed by atoms with van der Waals surface area (Å²) in [6, 6.07) is 6.98. The first kappa shape index (κ1) is 12.4. The minimum atomic E-state index is -0.215. The molecule has 0 aliphatic carbocycles. The Morgan fingerprint density at radius 1 is 1.05 bits per heavy atom. The molecule has 1 aliphatic rings. The number of hydrogen-bond acceptors (Lipinski definition) is 2. The van der Waals surface area contributed by atoms with Crippen molar-refractivity contribution >= 4 is 16.7 Å². The summed E-state index contributed by atoms with van der Waals surface area (Å²) in [5, 5.41) is 1.04. The second kappa shape index (κ2) is 5.16. The lowest BCUT2D eigenvalue weighted by atomic mass is 10.1. The van der Waals surface area contributed by atoms with Crippen LogP contribution in [0.25, 0.3) is 10.9 Å². The molecular formula is C16H19FN2. The Morgan fingerprint density at radius 3 is 2.53 bits per heavy atom. The van der Waals surface area contributed by atoms with Crippen molar-refractivity contribution in [3.05, 3.63) is 35.6 Å². The van der Waals surface area contributed by atoms with E-state index in [1.807, 2.05) is 6.07 Å². The lowest BCUT2D eigenvalue weighted by Crippen LogP contribution is -2.24. The molecule has 0 N–H and O–H groups in total. The molecule has 3 rings (SSSR count). The second-order valence-corrected chi connectivity index (χ2v) is 5.36. The molecule has 3 heteroatoms. The normalized spacial score (nSPS) is 16.6. The van der Waals surface area contributed by atoms with Crippen LogP contribution in [0.4, 0.5) is 10.2 Å². The van der Waals surface area contributed by atoms with E-state index in [0.717, 1.165) is 29.8 Å². The molecule has 1 saturated heterocycles. The fourth-order valence-corrected chi connectivity index (χ4v) is 2.82. The van der Waals surface area contributed by atoms with Gasteiger partial charge in [0.1, 0.15) is 11.6 Å². The largest absolute Gasteiger partial charge is 0.357 e. The first-order chi connectivity index (χ1) is 9.24. The summed E-state index contributed by atoms with van der Waals surface area (Å²) in [5.74, 6) is 0.782. The van der Waals surface area contributed by atoms with E-state index in [1.54, 1.807) is 0 Å². The number of pyridine rings is 1.